The van der Waals surface area contributed by atoms with Crippen molar-refractivity contribution in [2.75, 3.05) is 0 Å². The molecule has 0 saturated heterocycles. The fourth-order valence-electron chi connectivity index (χ4n) is 0.435. The van der Waals surface area contributed by atoms with Gasteiger partial charge in [-0.15, -0.1) is 0 Å². The van der Waals surface area contributed by atoms with Gasteiger partial charge in [-0.25, -0.2) is 4.79 Å². The summed E-state index contributed by atoms with van der Waals surface area (Å²) in [6, 6.07) is -0.0985. The van der Waals surface area contributed by atoms with Gasteiger partial charge in [0, 0.05) is 6.04 Å². The molecule has 0 aromatic heterocycles. The van der Waals surface area contributed by atoms with Gasteiger partial charge >= 0.3 is 11.9 Å². The second-order valence-corrected chi connectivity index (χ2v) is 2.81. The monoisotopic (exact) mass is 159 g/mol. The summed E-state index contributed by atoms with van der Waals surface area (Å²) in [5.74, 6) is -2.12. The average Bonchev–Trinajstić information content (AvgIpc) is 1.87. The Hall–Kier alpha value is -1.06. The highest BCUT2D eigenvalue weighted by molar-refractivity contribution is 6.31. The van der Waals surface area contributed by atoms with Gasteiger partial charge in [0.15, 0.2) is 0 Å². The van der Waals surface area contributed by atoms with Crippen LogP contribution in [0, 0.1) is 5.92 Å². The van der Waals surface area contributed by atoms with E-state index in [1.165, 1.54) is 0 Å². The predicted octanol–water partition coefficient (Wildman–Crippen LogP) is 0.232. The van der Waals surface area contributed by atoms with E-state index in [0.29, 0.717) is 0 Å². The van der Waals surface area contributed by atoms with Crippen molar-refractivity contribution in [2.45, 2.75) is 26.8 Å². The smallest absolute Gasteiger partial charge is 0.394 e. The molecule has 2 N–H and O–H groups in total. The van der Waals surface area contributed by atoms with Crippen molar-refractivity contribution in [2.24, 2.45) is 5.92 Å². The summed E-state index contributed by atoms with van der Waals surface area (Å²) in [6.45, 7) is 5.59. The first-order valence-electron chi connectivity index (χ1n) is 3.49. The number of carboxylic acids is 1. The zero-order valence-corrected chi connectivity index (χ0v) is 6.92. The maximum Gasteiger partial charge on any atom is 0.394 e. The van der Waals surface area contributed by atoms with Crippen LogP contribution in [0.4, 0.5) is 0 Å². The Bertz CT molecular complexity index is 165. The van der Waals surface area contributed by atoms with Crippen LogP contribution in [0.1, 0.15) is 20.8 Å². The normalized spacial score (nSPS) is 12.7. The predicted molar refractivity (Wildman–Crippen MR) is 40.1 cm³/mol. The Kier molecular flexibility index (Phi) is 3.57. The molecule has 11 heavy (non-hydrogen) atoms. The highest BCUT2D eigenvalue weighted by Crippen LogP contribution is 1.98. The minimum atomic E-state index is -1.43. The molecule has 0 aliphatic carbocycles. The maximum absolute atomic E-state index is 10.5. The standard InChI is InChI=1S/C7H13NO3/c1-4(2)5(3)8-6(9)7(10)11/h4-5H,1-3H3,(H,8,9)(H,10,11). The van der Waals surface area contributed by atoms with E-state index in [1.807, 2.05) is 13.8 Å². The van der Waals surface area contributed by atoms with Gasteiger partial charge in [-0.1, -0.05) is 13.8 Å². The molecule has 0 fully saturated rings. The van der Waals surface area contributed by atoms with Crippen LogP contribution in [0.25, 0.3) is 0 Å². The van der Waals surface area contributed by atoms with Crippen LogP contribution in [0.2, 0.25) is 0 Å². The first kappa shape index (κ1) is 9.94. The van der Waals surface area contributed by atoms with Crippen molar-refractivity contribution in [3.63, 3.8) is 0 Å². The SMILES string of the molecule is CC(C)C(C)NC(=O)C(=O)O. The molecule has 1 atom stereocenters. The lowest BCUT2D eigenvalue weighted by atomic mass is 10.1. The molecule has 0 heterocycles. The third-order valence-electron chi connectivity index (χ3n) is 1.55. The van der Waals surface area contributed by atoms with Crippen molar-refractivity contribution in [1.82, 2.24) is 5.32 Å². The second-order valence-electron chi connectivity index (χ2n) is 2.81. The molecule has 0 aliphatic rings. The van der Waals surface area contributed by atoms with Crippen LogP contribution in [-0.2, 0) is 9.59 Å². The average molecular weight is 159 g/mol. The second kappa shape index (κ2) is 3.95. The van der Waals surface area contributed by atoms with Gasteiger partial charge < -0.3 is 10.4 Å². The van der Waals surface area contributed by atoms with E-state index < -0.39 is 11.9 Å². The van der Waals surface area contributed by atoms with Gasteiger partial charge in [-0.2, -0.15) is 0 Å². The molecule has 0 aromatic carbocycles. The Balaban J connectivity index is 3.85. The Morgan fingerprint density at radius 1 is 1.27 bits per heavy atom. The van der Waals surface area contributed by atoms with Crippen molar-refractivity contribution in [3.05, 3.63) is 0 Å². The van der Waals surface area contributed by atoms with E-state index in [9.17, 15) is 9.59 Å². The summed E-state index contributed by atoms with van der Waals surface area (Å²) in [5, 5.41) is 10.5. The van der Waals surface area contributed by atoms with E-state index in [0.717, 1.165) is 0 Å². The van der Waals surface area contributed by atoms with Gasteiger partial charge in [-0.05, 0) is 12.8 Å². The molecular formula is C7H13NO3. The molecular weight excluding hydrogens is 146 g/mol. The molecule has 0 rings (SSSR count). The quantitative estimate of drug-likeness (QED) is 0.567. The highest BCUT2D eigenvalue weighted by Gasteiger charge is 2.15. The first-order chi connectivity index (χ1) is 4.95. The summed E-state index contributed by atoms with van der Waals surface area (Å²) in [5.41, 5.74) is 0. The number of amides is 1. The van der Waals surface area contributed by atoms with Gasteiger partial charge in [-0.3, -0.25) is 4.79 Å². The number of hydrogen-bond acceptors (Lipinski definition) is 2. The van der Waals surface area contributed by atoms with E-state index >= 15 is 0 Å². The number of nitrogens with one attached hydrogen (secondary N) is 1. The zero-order valence-electron chi connectivity index (χ0n) is 6.92. The molecule has 0 aliphatic heterocycles. The molecule has 4 nitrogen and oxygen atoms in total. The number of aliphatic carboxylic acids is 1. The van der Waals surface area contributed by atoms with Gasteiger partial charge in [0.1, 0.15) is 0 Å². The van der Waals surface area contributed by atoms with Gasteiger partial charge in [0.2, 0.25) is 0 Å². The third-order valence-corrected chi connectivity index (χ3v) is 1.55. The minimum Gasteiger partial charge on any atom is -0.474 e. The Morgan fingerprint density at radius 2 is 1.73 bits per heavy atom. The highest BCUT2D eigenvalue weighted by atomic mass is 16.4. The molecule has 1 amide bonds. The molecule has 0 bridgehead atoms. The third kappa shape index (κ3) is 3.60. The molecule has 0 spiro atoms. The van der Waals surface area contributed by atoms with Crippen molar-refractivity contribution in [1.29, 1.82) is 0 Å². The number of carbonyl (C=O) groups is 2. The fraction of sp³-hybridized carbons (Fsp3) is 0.714. The van der Waals surface area contributed by atoms with E-state index in [2.05, 4.69) is 5.32 Å². The molecule has 4 heteroatoms. The van der Waals surface area contributed by atoms with Crippen LogP contribution in [0.15, 0.2) is 0 Å². The van der Waals surface area contributed by atoms with Crippen molar-refractivity contribution >= 4 is 11.9 Å². The van der Waals surface area contributed by atoms with Crippen molar-refractivity contribution in [3.8, 4) is 0 Å². The van der Waals surface area contributed by atoms with E-state index in [4.69, 9.17) is 5.11 Å². The van der Waals surface area contributed by atoms with Crippen LogP contribution >= 0.6 is 0 Å². The minimum absolute atomic E-state index is 0.0985. The number of hydrogen-bond donors (Lipinski definition) is 2. The van der Waals surface area contributed by atoms with Gasteiger partial charge in [0.25, 0.3) is 0 Å². The molecule has 0 radical (unpaired) electrons. The topological polar surface area (TPSA) is 66.4 Å². The summed E-state index contributed by atoms with van der Waals surface area (Å²) in [7, 11) is 0. The summed E-state index contributed by atoms with van der Waals surface area (Å²) in [6.07, 6.45) is 0. The summed E-state index contributed by atoms with van der Waals surface area (Å²) >= 11 is 0. The molecule has 64 valence electrons. The molecule has 0 saturated carbocycles. The van der Waals surface area contributed by atoms with Crippen LogP contribution in [0.5, 0.6) is 0 Å². The maximum atomic E-state index is 10.5. The molecule has 1 unspecified atom stereocenters. The van der Waals surface area contributed by atoms with Gasteiger partial charge in [0.05, 0.1) is 0 Å². The summed E-state index contributed by atoms with van der Waals surface area (Å²) in [4.78, 5) is 20.6. The zero-order chi connectivity index (χ0) is 9.02. The van der Waals surface area contributed by atoms with E-state index in [-0.39, 0.29) is 12.0 Å². The fourth-order valence-corrected chi connectivity index (χ4v) is 0.435. The number of rotatable bonds is 2. The van der Waals surface area contributed by atoms with Crippen LogP contribution < -0.4 is 5.32 Å². The molecule has 0 aromatic rings. The lowest BCUT2D eigenvalue weighted by molar-refractivity contribution is -0.150. The lowest BCUT2D eigenvalue weighted by Crippen LogP contribution is -2.40. The first-order valence-corrected chi connectivity index (χ1v) is 3.49. The number of carboxylic acid groups (broad SMARTS) is 1. The lowest BCUT2D eigenvalue weighted by Gasteiger charge is -2.15. The largest absolute Gasteiger partial charge is 0.474 e. The Morgan fingerprint density at radius 3 is 2.00 bits per heavy atom. The number of carbonyl (C=O) groups excluding carboxylic acids is 1. The van der Waals surface area contributed by atoms with Crippen LogP contribution in [0.3, 0.4) is 0 Å². The Labute approximate surface area is 65.6 Å². The summed E-state index contributed by atoms with van der Waals surface area (Å²) < 4.78 is 0. The van der Waals surface area contributed by atoms with E-state index in [1.54, 1.807) is 6.92 Å². The van der Waals surface area contributed by atoms with Crippen molar-refractivity contribution < 1.29 is 14.7 Å². The van der Waals surface area contributed by atoms with Crippen LogP contribution in [-0.4, -0.2) is 23.0 Å².